The van der Waals surface area contributed by atoms with Crippen LogP contribution in [0.2, 0.25) is 0 Å². The third-order valence-corrected chi connectivity index (χ3v) is 2.39. The fourth-order valence-corrected chi connectivity index (χ4v) is 1.96. The Morgan fingerprint density at radius 3 is 2.77 bits per heavy atom. The predicted molar refractivity (Wildman–Crippen MR) is 55.6 cm³/mol. The Hall–Kier alpha value is -0.440. The standard InChI is InChI=1S/C10H13BrFN/c1-7(5-8(2)11)9-3-4-13-6-10(9)12/h3-4,6-8H,5H2,1-2H3. The molecule has 0 saturated carbocycles. The van der Waals surface area contributed by atoms with Crippen molar-refractivity contribution in [2.45, 2.75) is 31.0 Å². The van der Waals surface area contributed by atoms with E-state index >= 15 is 0 Å². The summed E-state index contributed by atoms with van der Waals surface area (Å²) in [7, 11) is 0. The fourth-order valence-electron chi connectivity index (χ4n) is 1.40. The molecule has 0 N–H and O–H groups in total. The number of nitrogens with zero attached hydrogens (tertiary/aromatic N) is 1. The smallest absolute Gasteiger partial charge is 0.144 e. The third-order valence-electron chi connectivity index (χ3n) is 2.01. The highest BCUT2D eigenvalue weighted by atomic mass is 79.9. The van der Waals surface area contributed by atoms with Gasteiger partial charge in [-0.2, -0.15) is 0 Å². The van der Waals surface area contributed by atoms with E-state index in [1.54, 1.807) is 12.3 Å². The second-order valence-corrected chi connectivity index (χ2v) is 4.88. The van der Waals surface area contributed by atoms with Crippen LogP contribution in [0.3, 0.4) is 0 Å². The van der Waals surface area contributed by atoms with Crippen molar-refractivity contribution in [3.63, 3.8) is 0 Å². The van der Waals surface area contributed by atoms with Crippen LogP contribution in [0.25, 0.3) is 0 Å². The maximum atomic E-state index is 13.2. The molecule has 1 rings (SSSR count). The van der Waals surface area contributed by atoms with Gasteiger partial charge in [-0.25, -0.2) is 4.39 Å². The number of hydrogen-bond donors (Lipinski definition) is 0. The van der Waals surface area contributed by atoms with E-state index in [-0.39, 0.29) is 11.7 Å². The number of aromatic nitrogens is 1. The van der Waals surface area contributed by atoms with Gasteiger partial charge in [-0.3, -0.25) is 4.98 Å². The van der Waals surface area contributed by atoms with Crippen LogP contribution in [0.15, 0.2) is 18.5 Å². The van der Waals surface area contributed by atoms with Crippen LogP contribution in [-0.2, 0) is 0 Å². The van der Waals surface area contributed by atoms with Crippen LogP contribution in [0, 0.1) is 5.82 Å². The first-order valence-corrected chi connectivity index (χ1v) is 5.26. The van der Waals surface area contributed by atoms with Gasteiger partial charge in [0, 0.05) is 11.0 Å². The normalized spacial score (nSPS) is 15.4. The van der Waals surface area contributed by atoms with Crippen LogP contribution >= 0.6 is 15.9 Å². The predicted octanol–water partition coefficient (Wildman–Crippen LogP) is 3.50. The molecule has 0 aliphatic heterocycles. The molecule has 1 nitrogen and oxygen atoms in total. The van der Waals surface area contributed by atoms with Crippen molar-refractivity contribution in [3.8, 4) is 0 Å². The third kappa shape index (κ3) is 3.07. The quantitative estimate of drug-likeness (QED) is 0.744. The maximum absolute atomic E-state index is 13.2. The zero-order chi connectivity index (χ0) is 9.84. The number of hydrogen-bond acceptors (Lipinski definition) is 1. The van der Waals surface area contributed by atoms with Gasteiger partial charge in [0.1, 0.15) is 5.82 Å². The highest BCUT2D eigenvalue weighted by Crippen LogP contribution is 2.24. The minimum absolute atomic E-state index is 0.205. The Balaban J connectivity index is 2.76. The van der Waals surface area contributed by atoms with Gasteiger partial charge in [-0.05, 0) is 24.0 Å². The summed E-state index contributed by atoms with van der Waals surface area (Å²) in [6, 6.07) is 1.75. The van der Waals surface area contributed by atoms with Crippen molar-refractivity contribution in [1.82, 2.24) is 4.98 Å². The van der Waals surface area contributed by atoms with Gasteiger partial charge in [0.15, 0.2) is 0 Å². The van der Waals surface area contributed by atoms with E-state index in [2.05, 4.69) is 27.8 Å². The van der Waals surface area contributed by atoms with Gasteiger partial charge in [-0.1, -0.05) is 29.8 Å². The first-order chi connectivity index (χ1) is 6.11. The van der Waals surface area contributed by atoms with Crippen LogP contribution in [-0.4, -0.2) is 9.81 Å². The largest absolute Gasteiger partial charge is 0.262 e. The van der Waals surface area contributed by atoms with Crippen LogP contribution in [0.1, 0.15) is 31.7 Å². The van der Waals surface area contributed by atoms with Crippen LogP contribution in [0.4, 0.5) is 4.39 Å². The molecule has 0 amide bonds. The van der Waals surface area contributed by atoms with Crippen LogP contribution in [0.5, 0.6) is 0 Å². The molecule has 1 aromatic heterocycles. The van der Waals surface area contributed by atoms with E-state index in [0.29, 0.717) is 4.83 Å². The molecule has 0 saturated heterocycles. The molecule has 2 atom stereocenters. The molecule has 0 aromatic carbocycles. The van der Waals surface area contributed by atoms with Crippen molar-refractivity contribution >= 4 is 15.9 Å². The minimum Gasteiger partial charge on any atom is -0.262 e. The van der Waals surface area contributed by atoms with Gasteiger partial charge in [-0.15, -0.1) is 0 Å². The fraction of sp³-hybridized carbons (Fsp3) is 0.500. The van der Waals surface area contributed by atoms with E-state index in [1.807, 2.05) is 6.92 Å². The van der Waals surface area contributed by atoms with Gasteiger partial charge in [0.2, 0.25) is 0 Å². The first-order valence-electron chi connectivity index (χ1n) is 4.34. The molecule has 3 heteroatoms. The Morgan fingerprint density at radius 1 is 1.54 bits per heavy atom. The molecule has 2 unspecified atom stereocenters. The molecule has 0 aliphatic carbocycles. The maximum Gasteiger partial charge on any atom is 0.144 e. The average molecular weight is 246 g/mol. The topological polar surface area (TPSA) is 12.9 Å². The summed E-state index contributed by atoms with van der Waals surface area (Å²) in [5, 5.41) is 0. The Bertz CT molecular complexity index is 275. The van der Waals surface area contributed by atoms with Gasteiger partial charge in [0.05, 0.1) is 6.20 Å². The highest BCUT2D eigenvalue weighted by Gasteiger charge is 2.12. The van der Waals surface area contributed by atoms with E-state index < -0.39 is 0 Å². The molecule has 0 aliphatic rings. The summed E-state index contributed by atoms with van der Waals surface area (Å²) >= 11 is 3.46. The average Bonchev–Trinajstić information content (AvgIpc) is 2.03. The summed E-state index contributed by atoms with van der Waals surface area (Å²) < 4.78 is 13.2. The molecule has 0 fully saturated rings. The van der Waals surface area contributed by atoms with E-state index in [1.165, 1.54) is 6.20 Å². The number of rotatable bonds is 3. The minimum atomic E-state index is -0.205. The molecular formula is C10H13BrFN. The van der Waals surface area contributed by atoms with Crippen molar-refractivity contribution in [2.75, 3.05) is 0 Å². The van der Waals surface area contributed by atoms with Gasteiger partial charge < -0.3 is 0 Å². The number of pyridine rings is 1. The SMILES string of the molecule is CC(Br)CC(C)c1ccncc1F. The van der Waals surface area contributed by atoms with E-state index in [9.17, 15) is 4.39 Å². The molecule has 0 spiro atoms. The van der Waals surface area contributed by atoms with Crippen molar-refractivity contribution in [2.24, 2.45) is 0 Å². The van der Waals surface area contributed by atoms with Crippen molar-refractivity contribution in [3.05, 3.63) is 29.8 Å². The lowest BCUT2D eigenvalue weighted by Crippen LogP contribution is -2.02. The lowest BCUT2D eigenvalue weighted by Gasteiger charge is -2.13. The second kappa shape index (κ2) is 4.70. The number of alkyl halides is 1. The van der Waals surface area contributed by atoms with Crippen molar-refractivity contribution in [1.29, 1.82) is 0 Å². The summed E-state index contributed by atoms with van der Waals surface area (Å²) in [6.07, 6.45) is 3.83. The summed E-state index contributed by atoms with van der Waals surface area (Å²) in [4.78, 5) is 4.13. The summed E-state index contributed by atoms with van der Waals surface area (Å²) in [6.45, 7) is 4.09. The monoisotopic (exact) mass is 245 g/mol. The first kappa shape index (κ1) is 10.6. The van der Waals surface area contributed by atoms with Crippen molar-refractivity contribution < 1.29 is 4.39 Å². The lowest BCUT2D eigenvalue weighted by molar-refractivity contribution is 0.569. The second-order valence-electron chi connectivity index (χ2n) is 3.31. The van der Waals surface area contributed by atoms with Gasteiger partial charge in [0.25, 0.3) is 0 Å². The van der Waals surface area contributed by atoms with Gasteiger partial charge >= 0.3 is 0 Å². The molecule has 72 valence electrons. The molecule has 13 heavy (non-hydrogen) atoms. The summed E-state index contributed by atoms with van der Waals surface area (Å²) in [5.74, 6) is 0.0283. The molecule has 1 heterocycles. The number of halogens is 2. The highest BCUT2D eigenvalue weighted by molar-refractivity contribution is 9.09. The molecule has 1 aromatic rings. The summed E-state index contributed by atoms with van der Waals surface area (Å²) in [5.41, 5.74) is 0.751. The molecule has 0 bridgehead atoms. The molecule has 0 radical (unpaired) electrons. The van der Waals surface area contributed by atoms with E-state index in [4.69, 9.17) is 0 Å². The zero-order valence-corrected chi connectivity index (χ0v) is 9.38. The lowest BCUT2D eigenvalue weighted by atomic mass is 9.97. The Kier molecular flexibility index (Phi) is 3.85. The van der Waals surface area contributed by atoms with E-state index in [0.717, 1.165) is 12.0 Å². The Morgan fingerprint density at radius 2 is 2.23 bits per heavy atom. The molecular weight excluding hydrogens is 233 g/mol. The van der Waals surface area contributed by atoms with Crippen LogP contribution < -0.4 is 0 Å². The Labute approximate surface area is 86.5 Å². The zero-order valence-electron chi connectivity index (χ0n) is 7.80.